The van der Waals surface area contributed by atoms with Gasteiger partial charge in [-0.25, -0.2) is 0 Å². The first kappa shape index (κ1) is 9.10. The normalized spacial score (nSPS) is 28.7. The molecule has 0 aromatic heterocycles. The molecule has 1 aliphatic heterocycles. The SMILES string of the molecule is C[C@@H]1CCSC(c2ccccc2)N1. The van der Waals surface area contributed by atoms with Gasteiger partial charge in [0.25, 0.3) is 0 Å². The molecule has 1 aliphatic rings. The van der Waals surface area contributed by atoms with Crippen LogP contribution >= 0.6 is 11.8 Å². The molecule has 0 saturated carbocycles. The molecule has 1 fully saturated rings. The maximum Gasteiger partial charge on any atom is 0.0791 e. The van der Waals surface area contributed by atoms with E-state index in [-0.39, 0.29) is 0 Å². The van der Waals surface area contributed by atoms with Crippen LogP contribution in [0.5, 0.6) is 0 Å². The largest absolute Gasteiger partial charge is 0.299 e. The van der Waals surface area contributed by atoms with Crippen LogP contribution in [0.15, 0.2) is 30.3 Å². The predicted molar refractivity (Wildman–Crippen MR) is 58.9 cm³/mol. The lowest BCUT2D eigenvalue weighted by molar-refractivity contribution is 0.512. The van der Waals surface area contributed by atoms with Crippen molar-refractivity contribution < 1.29 is 0 Å². The van der Waals surface area contributed by atoms with Crippen LogP contribution in [0.2, 0.25) is 0 Å². The molecule has 1 nitrogen and oxygen atoms in total. The highest BCUT2D eigenvalue weighted by Crippen LogP contribution is 2.30. The Balaban J connectivity index is 2.08. The Morgan fingerprint density at radius 2 is 2.08 bits per heavy atom. The van der Waals surface area contributed by atoms with Crippen LogP contribution in [0, 0.1) is 0 Å². The van der Waals surface area contributed by atoms with Crippen molar-refractivity contribution in [1.29, 1.82) is 0 Å². The molecule has 1 aromatic rings. The summed E-state index contributed by atoms with van der Waals surface area (Å²) >= 11 is 2.01. The smallest absolute Gasteiger partial charge is 0.0791 e. The highest BCUT2D eigenvalue weighted by molar-refractivity contribution is 7.99. The molecule has 0 spiro atoms. The maximum absolute atomic E-state index is 3.60. The van der Waals surface area contributed by atoms with E-state index in [1.807, 2.05) is 11.8 Å². The van der Waals surface area contributed by atoms with E-state index in [4.69, 9.17) is 0 Å². The molecule has 2 heteroatoms. The van der Waals surface area contributed by atoms with E-state index in [1.165, 1.54) is 17.7 Å². The quantitative estimate of drug-likeness (QED) is 0.736. The van der Waals surface area contributed by atoms with Gasteiger partial charge in [0.2, 0.25) is 0 Å². The van der Waals surface area contributed by atoms with Gasteiger partial charge in [0.1, 0.15) is 0 Å². The topological polar surface area (TPSA) is 12.0 Å². The molecule has 1 saturated heterocycles. The Kier molecular flexibility index (Phi) is 2.91. The van der Waals surface area contributed by atoms with Gasteiger partial charge in [-0.1, -0.05) is 30.3 Å². The lowest BCUT2D eigenvalue weighted by atomic mass is 10.2. The molecule has 0 aliphatic carbocycles. The zero-order valence-corrected chi connectivity index (χ0v) is 8.68. The molecule has 1 aromatic carbocycles. The second-order valence-corrected chi connectivity index (χ2v) is 4.73. The summed E-state index contributed by atoms with van der Waals surface area (Å²) in [6, 6.07) is 11.3. The first-order valence-corrected chi connectivity index (χ1v) is 5.84. The van der Waals surface area contributed by atoms with Gasteiger partial charge in [-0.2, -0.15) is 0 Å². The number of benzene rings is 1. The molecule has 2 rings (SSSR count). The molecule has 2 atom stereocenters. The molecule has 0 radical (unpaired) electrons. The first-order valence-electron chi connectivity index (χ1n) is 4.79. The Hall–Kier alpha value is -0.470. The highest BCUT2D eigenvalue weighted by atomic mass is 32.2. The van der Waals surface area contributed by atoms with Crippen LogP contribution in [0.3, 0.4) is 0 Å². The number of hydrogen-bond donors (Lipinski definition) is 1. The standard InChI is InChI=1S/C11H15NS/c1-9-7-8-13-11(12-9)10-5-3-2-4-6-10/h2-6,9,11-12H,7-8H2,1H3/t9-,11?/m1/s1. The molecule has 0 amide bonds. The fourth-order valence-corrected chi connectivity index (χ4v) is 2.98. The van der Waals surface area contributed by atoms with E-state index in [2.05, 4.69) is 42.6 Å². The molecule has 0 bridgehead atoms. The summed E-state index contributed by atoms with van der Waals surface area (Å²) < 4.78 is 0. The van der Waals surface area contributed by atoms with Crippen LogP contribution in [0.4, 0.5) is 0 Å². The van der Waals surface area contributed by atoms with Gasteiger partial charge in [0.15, 0.2) is 0 Å². The summed E-state index contributed by atoms with van der Waals surface area (Å²) in [5, 5.41) is 4.10. The van der Waals surface area contributed by atoms with Gasteiger partial charge < -0.3 is 0 Å². The van der Waals surface area contributed by atoms with Crippen molar-refractivity contribution in [2.75, 3.05) is 5.75 Å². The van der Waals surface area contributed by atoms with Crippen LogP contribution in [-0.4, -0.2) is 11.8 Å². The van der Waals surface area contributed by atoms with Gasteiger partial charge >= 0.3 is 0 Å². The Labute approximate surface area is 83.9 Å². The lowest BCUT2D eigenvalue weighted by Crippen LogP contribution is -2.33. The molecule has 70 valence electrons. The van der Waals surface area contributed by atoms with E-state index in [0.717, 1.165) is 0 Å². The fraction of sp³-hybridized carbons (Fsp3) is 0.455. The van der Waals surface area contributed by atoms with Crippen LogP contribution < -0.4 is 5.32 Å². The minimum atomic E-state index is 0.505. The summed E-state index contributed by atoms with van der Waals surface area (Å²) in [5.74, 6) is 1.27. The minimum Gasteiger partial charge on any atom is -0.299 e. The highest BCUT2D eigenvalue weighted by Gasteiger charge is 2.18. The predicted octanol–water partition coefficient (Wildman–Crippen LogP) is 2.80. The monoisotopic (exact) mass is 193 g/mol. The summed E-state index contributed by atoms with van der Waals surface area (Å²) in [7, 11) is 0. The molecular formula is C11H15NS. The van der Waals surface area contributed by atoms with Gasteiger partial charge in [0.05, 0.1) is 5.37 Å². The van der Waals surface area contributed by atoms with E-state index in [1.54, 1.807) is 0 Å². The van der Waals surface area contributed by atoms with Crippen molar-refractivity contribution in [3.63, 3.8) is 0 Å². The Bertz CT molecular complexity index is 260. The average molecular weight is 193 g/mol. The Morgan fingerprint density at radius 1 is 1.31 bits per heavy atom. The summed E-state index contributed by atoms with van der Waals surface area (Å²) in [6.07, 6.45) is 1.29. The van der Waals surface area contributed by atoms with Crippen molar-refractivity contribution in [1.82, 2.24) is 5.32 Å². The van der Waals surface area contributed by atoms with E-state index >= 15 is 0 Å². The summed E-state index contributed by atoms with van der Waals surface area (Å²) in [6.45, 7) is 2.26. The third-order valence-corrected chi connectivity index (χ3v) is 3.59. The van der Waals surface area contributed by atoms with Crippen LogP contribution in [0.1, 0.15) is 24.3 Å². The molecular weight excluding hydrogens is 178 g/mol. The van der Waals surface area contributed by atoms with Crippen LogP contribution in [0.25, 0.3) is 0 Å². The van der Waals surface area contributed by atoms with Crippen molar-refractivity contribution >= 4 is 11.8 Å². The third kappa shape index (κ3) is 2.26. The Morgan fingerprint density at radius 3 is 2.77 bits per heavy atom. The van der Waals surface area contributed by atoms with Gasteiger partial charge in [0, 0.05) is 6.04 Å². The van der Waals surface area contributed by atoms with E-state index in [9.17, 15) is 0 Å². The van der Waals surface area contributed by atoms with Gasteiger partial charge in [-0.15, -0.1) is 11.8 Å². The van der Waals surface area contributed by atoms with E-state index < -0.39 is 0 Å². The number of thioether (sulfide) groups is 1. The van der Waals surface area contributed by atoms with E-state index in [0.29, 0.717) is 11.4 Å². The number of nitrogens with one attached hydrogen (secondary N) is 1. The average Bonchev–Trinajstić information content (AvgIpc) is 2.19. The number of rotatable bonds is 1. The third-order valence-electron chi connectivity index (χ3n) is 2.37. The molecule has 1 heterocycles. The second-order valence-electron chi connectivity index (χ2n) is 3.52. The fourth-order valence-electron chi connectivity index (χ4n) is 1.57. The molecule has 13 heavy (non-hydrogen) atoms. The van der Waals surface area contributed by atoms with Crippen molar-refractivity contribution in [2.24, 2.45) is 0 Å². The minimum absolute atomic E-state index is 0.505. The lowest BCUT2D eigenvalue weighted by Gasteiger charge is -2.28. The van der Waals surface area contributed by atoms with Gasteiger partial charge in [-0.05, 0) is 24.7 Å². The van der Waals surface area contributed by atoms with Crippen molar-refractivity contribution in [3.8, 4) is 0 Å². The zero-order chi connectivity index (χ0) is 9.10. The summed E-state index contributed by atoms with van der Waals surface area (Å²) in [5.41, 5.74) is 1.40. The molecule has 1 N–H and O–H groups in total. The maximum atomic E-state index is 3.60. The summed E-state index contributed by atoms with van der Waals surface area (Å²) in [4.78, 5) is 0. The number of hydrogen-bond acceptors (Lipinski definition) is 2. The van der Waals surface area contributed by atoms with Crippen molar-refractivity contribution in [3.05, 3.63) is 35.9 Å². The van der Waals surface area contributed by atoms with Crippen molar-refractivity contribution in [2.45, 2.75) is 24.8 Å². The zero-order valence-electron chi connectivity index (χ0n) is 7.86. The molecule has 1 unspecified atom stereocenters. The van der Waals surface area contributed by atoms with Crippen LogP contribution in [-0.2, 0) is 0 Å². The first-order chi connectivity index (χ1) is 6.36. The second kappa shape index (κ2) is 4.16. The van der Waals surface area contributed by atoms with Gasteiger partial charge in [-0.3, -0.25) is 5.32 Å².